The standard InChI is InChI=1S/C23H31ClN4O.HI/c1-2-25-23(26-16-22(29)20-10-6-7-11-21(20)24)27-19-12-14-28(15-13-19)17-18-8-4-3-5-9-18;/h3-11,19,22,29H,2,12-17H2,1H3,(H2,25,26,27);1H. The number of nitrogens with one attached hydrogen (secondary N) is 2. The molecule has 0 saturated carbocycles. The summed E-state index contributed by atoms with van der Waals surface area (Å²) < 4.78 is 0. The molecule has 0 spiro atoms. The van der Waals surface area contributed by atoms with Crippen molar-refractivity contribution in [1.82, 2.24) is 15.5 Å². The number of rotatable bonds is 7. The van der Waals surface area contributed by atoms with Crippen LogP contribution < -0.4 is 10.6 Å². The molecule has 1 unspecified atom stereocenters. The van der Waals surface area contributed by atoms with Gasteiger partial charge in [0.25, 0.3) is 0 Å². The minimum absolute atomic E-state index is 0. The Bertz CT molecular complexity index is 782. The quantitative estimate of drug-likeness (QED) is 0.279. The molecule has 3 rings (SSSR count). The van der Waals surface area contributed by atoms with Crippen LogP contribution in [0.3, 0.4) is 0 Å². The molecule has 1 saturated heterocycles. The van der Waals surface area contributed by atoms with Gasteiger partial charge in [-0.05, 0) is 31.4 Å². The van der Waals surface area contributed by atoms with Crippen molar-refractivity contribution in [3.05, 3.63) is 70.7 Å². The lowest BCUT2D eigenvalue weighted by atomic mass is 10.0. The maximum absolute atomic E-state index is 10.4. The molecule has 0 bridgehead atoms. The fraction of sp³-hybridized carbons (Fsp3) is 0.435. The van der Waals surface area contributed by atoms with Gasteiger partial charge in [0.1, 0.15) is 6.10 Å². The van der Waals surface area contributed by atoms with Gasteiger partial charge in [-0.1, -0.05) is 60.1 Å². The van der Waals surface area contributed by atoms with Crippen LogP contribution in [0, 0.1) is 0 Å². The number of aliphatic hydroxyl groups is 1. The molecule has 2 aromatic carbocycles. The number of likely N-dealkylation sites (tertiary alicyclic amines) is 1. The van der Waals surface area contributed by atoms with Crippen LogP contribution in [0.1, 0.15) is 37.0 Å². The molecule has 2 aromatic rings. The number of halogens is 2. The van der Waals surface area contributed by atoms with Gasteiger partial charge in [-0.25, -0.2) is 0 Å². The Labute approximate surface area is 201 Å². The van der Waals surface area contributed by atoms with Crippen molar-refractivity contribution in [3.63, 3.8) is 0 Å². The van der Waals surface area contributed by atoms with Crippen LogP contribution in [-0.4, -0.2) is 48.2 Å². The van der Waals surface area contributed by atoms with E-state index in [9.17, 15) is 5.11 Å². The summed E-state index contributed by atoms with van der Waals surface area (Å²) in [6.07, 6.45) is 1.43. The molecule has 1 heterocycles. The number of hydrogen-bond acceptors (Lipinski definition) is 3. The Hall–Kier alpha value is -1.35. The third kappa shape index (κ3) is 7.72. The van der Waals surface area contributed by atoms with Gasteiger partial charge in [0.2, 0.25) is 0 Å². The average Bonchev–Trinajstić information content (AvgIpc) is 2.74. The van der Waals surface area contributed by atoms with E-state index in [1.54, 1.807) is 6.07 Å². The molecule has 0 radical (unpaired) electrons. The predicted octanol–water partition coefficient (Wildman–Crippen LogP) is 4.21. The first kappa shape index (κ1) is 24.9. The summed E-state index contributed by atoms with van der Waals surface area (Å²) in [4.78, 5) is 7.08. The molecule has 1 fully saturated rings. The van der Waals surface area contributed by atoms with Gasteiger partial charge in [0.05, 0.1) is 6.54 Å². The Kier molecular flexibility index (Phi) is 10.9. The van der Waals surface area contributed by atoms with Crippen molar-refractivity contribution in [2.75, 3.05) is 26.2 Å². The molecule has 0 aliphatic carbocycles. The third-order valence-electron chi connectivity index (χ3n) is 5.21. The zero-order chi connectivity index (χ0) is 20.5. The van der Waals surface area contributed by atoms with E-state index in [4.69, 9.17) is 11.6 Å². The zero-order valence-electron chi connectivity index (χ0n) is 17.4. The first-order valence-corrected chi connectivity index (χ1v) is 10.8. The summed E-state index contributed by atoms with van der Waals surface area (Å²) in [6, 6.07) is 18.4. The monoisotopic (exact) mass is 542 g/mol. The number of piperidine rings is 1. The van der Waals surface area contributed by atoms with Crippen LogP contribution in [0.4, 0.5) is 0 Å². The van der Waals surface area contributed by atoms with Gasteiger partial charge in [0.15, 0.2) is 5.96 Å². The molecule has 1 atom stereocenters. The molecule has 0 aromatic heterocycles. The number of nitrogens with zero attached hydrogens (tertiary/aromatic N) is 2. The van der Waals surface area contributed by atoms with Gasteiger partial charge in [-0.15, -0.1) is 24.0 Å². The largest absolute Gasteiger partial charge is 0.386 e. The number of benzene rings is 2. The maximum Gasteiger partial charge on any atom is 0.191 e. The van der Waals surface area contributed by atoms with Gasteiger partial charge >= 0.3 is 0 Å². The van der Waals surface area contributed by atoms with Crippen molar-refractivity contribution in [2.24, 2.45) is 4.99 Å². The summed E-state index contributed by atoms with van der Waals surface area (Å²) in [5.74, 6) is 0.750. The molecule has 164 valence electrons. The van der Waals surface area contributed by atoms with Crippen LogP contribution in [-0.2, 0) is 6.54 Å². The Balaban J connectivity index is 0.00000320. The van der Waals surface area contributed by atoms with E-state index >= 15 is 0 Å². The highest BCUT2D eigenvalue weighted by Gasteiger charge is 2.20. The Morgan fingerprint density at radius 1 is 1.13 bits per heavy atom. The van der Waals surface area contributed by atoms with Gasteiger partial charge in [-0.2, -0.15) is 0 Å². The van der Waals surface area contributed by atoms with Gasteiger partial charge in [0, 0.05) is 42.8 Å². The average molecular weight is 543 g/mol. The molecule has 7 heteroatoms. The molecular weight excluding hydrogens is 511 g/mol. The highest BCUT2D eigenvalue weighted by Crippen LogP contribution is 2.22. The molecule has 0 amide bonds. The molecule has 3 N–H and O–H groups in total. The van der Waals surface area contributed by atoms with E-state index in [0.717, 1.165) is 45.0 Å². The second-order valence-electron chi connectivity index (χ2n) is 7.44. The van der Waals surface area contributed by atoms with E-state index < -0.39 is 6.10 Å². The van der Waals surface area contributed by atoms with Crippen molar-refractivity contribution in [3.8, 4) is 0 Å². The van der Waals surface area contributed by atoms with Crippen LogP contribution in [0.5, 0.6) is 0 Å². The predicted molar refractivity (Wildman–Crippen MR) is 136 cm³/mol. The van der Waals surface area contributed by atoms with Crippen LogP contribution in [0.2, 0.25) is 5.02 Å². The van der Waals surface area contributed by atoms with E-state index in [0.29, 0.717) is 16.6 Å². The SMILES string of the molecule is CCNC(=NCC(O)c1ccccc1Cl)NC1CCN(Cc2ccccc2)CC1.I. The van der Waals surface area contributed by atoms with Crippen molar-refractivity contribution in [2.45, 2.75) is 38.5 Å². The third-order valence-corrected chi connectivity index (χ3v) is 5.55. The van der Waals surface area contributed by atoms with Crippen LogP contribution in [0.15, 0.2) is 59.6 Å². The summed E-state index contributed by atoms with van der Waals surface area (Å²) in [5.41, 5.74) is 2.07. The molecule has 1 aliphatic heterocycles. The topological polar surface area (TPSA) is 59.9 Å². The molecule has 1 aliphatic rings. The summed E-state index contributed by atoms with van der Waals surface area (Å²) in [6.45, 7) is 6.23. The van der Waals surface area contributed by atoms with E-state index in [2.05, 4.69) is 50.9 Å². The van der Waals surface area contributed by atoms with Crippen molar-refractivity contribution >= 4 is 41.5 Å². The molecule has 5 nitrogen and oxygen atoms in total. The minimum atomic E-state index is -0.716. The first-order chi connectivity index (χ1) is 14.2. The number of aliphatic hydroxyl groups excluding tert-OH is 1. The summed E-state index contributed by atoms with van der Waals surface area (Å²) >= 11 is 6.18. The number of hydrogen-bond donors (Lipinski definition) is 3. The second kappa shape index (κ2) is 13.1. The molecular formula is C23H32ClIN4O. The maximum atomic E-state index is 10.4. The lowest BCUT2D eigenvalue weighted by Crippen LogP contribution is -2.48. The van der Waals surface area contributed by atoms with E-state index in [1.807, 2.05) is 25.1 Å². The van der Waals surface area contributed by atoms with Crippen LogP contribution in [0.25, 0.3) is 0 Å². The van der Waals surface area contributed by atoms with Crippen molar-refractivity contribution in [1.29, 1.82) is 0 Å². The van der Waals surface area contributed by atoms with Crippen molar-refractivity contribution < 1.29 is 5.11 Å². The summed E-state index contributed by atoms with van der Waals surface area (Å²) in [7, 11) is 0. The van der Waals surface area contributed by atoms with Gasteiger partial charge in [-0.3, -0.25) is 9.89 Å². The highest BCUT2D eigenvalue weighted by atomic mass is 127. The Morgan fingerprint density at radius 2 is 1.80 bits per heavy atom. The second-order valence-corrected chi connectivity index (χ2v) is 7.84. The minimum Gasteiger partial charge on any atom is -0.386 e. The first-order valence-electron chi connectivity index (χ1n) is 10.4. The number of guanidine groups is 1. The van der Waals surface area contributed by atoms with E-state index in [1.165, 1.54) is 5.56 Å². The lowest BCUT2D eigenvalue weighted by molar-refractivity contribution is 0.186. The normalized spacial score (nSPS) is 16.6. The Morgan fingerprint density at radius 3 is 2.47 bits per heavy atom. The van der Waals surface area contributed by atoms with Gasteiger partial charge < -0.3 is 15.7 Å². The summed E-state index contributed by atoms with van der Waals surface area (Å²) in [5, 5.41) is 17.8. The zero-order valence-corrected chi connectivity index (χ0v) is 20.5. The smallest absolute Gasteiger partial charge is 0.191 e. The fourth-order valence-electron chi connectivity index (χ4n) is 3.61. The fourth-order valence-corrected chi connectivity index (χ4v) is 3.87. The number of aliphatic imine (C=N–C) groups is 1. The highest BCUT2D eigenvalue weighted by molar-refractivity contribution is 14.0. The van der Waals surface area contributed by atoms with Crippen LogP contribution >= 0.6 is 35.6 Å². The lowest BCUT2D eigenvalue weighted by Gasteiger charge is -2.33. The molecule has 30 heavy (non-hydrogen) atoms. The van der Waals surface area contributed by atoms with E-state index in [-0.39, 0.29) is 30.5 Å².